The van der Waals surface area contributed by atoms with Crippen LogP contribution in [0.2, 0.25) is 0 Å². The number of hydrogen-bond acceptors (Lipinski definition) is 3. The standard InChI is InChI=1S/C13H15NO3/c1-2-3-4-12(13(15)16)17-11-7-5-10(9-14)6-8-11/h5-8,12H,2-4H2,1H3,(H,15,16)/t12-/m1/s1. The third-order valence-electron chi connectivity index (χ3n) is 2.36. The summed E-state index contributed by atoms with van der Waals surface area (Å²) < 4.78 is 5.37. The fourth-order valence-corrected chi connectivity index (χ4v) is 1.39. The molecule has 0 bridgehead atoms. The van der Waals surface area contributed by atoms with Gasteiger partial charge in [0.25, 0.3) is 0 Å². The zero-order valence-electron chi connectivity index (χ0n) is 9.72. The predicted molar refractivity (Wildman–Crippen MR) is 62.7 cm³/mol. The van der Waals surface area contributed by atoms with Crippen molar-refractivity contribution in [2.24, 2.45) is 0 Å². The zero-order valence-corrected chi connectivity index (χ0v) is 9.72. The molecule has 90 valence electrons. The number of nitriles is 1. The molecule has 0 heterocycles. The lowest BCUT2D eigenvalue weighted by Gasteiger charge is -2.14. The highest BCUT2D eigenvalue weighted by molar-refractivity contribution is 5.72. The highest BCUT2D eigenvalue weighted by Crippen LogP contribution is 2.16. The van der Waals surface area contributed by atoms with Crippen molar-refractivity contribution in [3.8, 4) is 11.8 Å². The smallest absolute Gasteiger partial charge is 0.344 e. The number of ether oxygens (including phenoxy) is 1. The van der Waals surface area contributed by atoms with E-state index in [0.717, 1.165) is 12.8 Å². The highest BCUT2D eigenvalue weighted by atomic mass is 16.5. The van der Waals surface area contributed by atoms with Crippen molar-refractivity contribution >= 4 is 5.97 Å². The van der Waals surface area contributed by atoms with Crippen LogP contribution >= 0.6 is 0 Å². The summed E-state index contributed by atoms with van der Waals surface area (Å²) >= 11 is 0. The predicted octanol–water partition coefficient (Wildman–Crippen LogP) is 2.58. The number of carboxylic acids is 1. The lowest BCUT2D eigenvalue weighted by molar-refractivity contribution is -0.145. The Morgan fingerprint density at radius 3 is 2.59 bits per heavy atom. The molecule has 0 amide bonds. The van der Waals surface area contributed by atoms with Crippen molar-refractivity contribution in [3.63, 3.8) is 0 Å². The molecule has 1 rings (SSSR count). The van der Waals surface area contributed by atoms with Crippen molar-refractivity contribution in [3.05, 3.63) is 29.8 Å². The number of rotatable bonds is 6. The molecule has 1 N–H and O–H groups in total. The molecule has 0 aliphatic carbocycles. The summed E-state index contributed by atoms with van der Waals surface area (Å²) in [7, 11) is 0. The molecule has 1 atom stereocenters. The van der Waals surface area contributed by atoms with Gasteiger partial charge < -0.3 is 9.84 Å². The fourth-order valence-electron chi connectivity index (χ4n) is 1.39. The Labute approximate surface area is 100 Å². The van der Waals surface area contributed by atoms with Gasteiger partial charge in [0.15, 0.2) is 6.10 Å². The molecule has 1 aromatic carbocycles. The molecule has 17 heavy (non-hydrogen) atoms. The third kappa shape index (κ3) is 4.15. The molecular formula is C13H15NO3. The molecule has 0 spiro atoms. The Bertz CT molecular complexity index is 406. The number of carboxylic acid groups (broad SMARTS) is 1. The minimum absolute atomic E-state index is 0.479. The number of nitrogens with zero attached hydrogens (tertiary/aromatic N) is 1. The van der Waals surface area contributed by atoms with Gasteiger partial charge in [-0.1, -0.05) is 13.3 Å². The summed E-state index contributed by atoms with van der Waals surface area (Å²) in [6.45, 7) is 2.00. The molecule has 4 nitrogen and oxygen atoms in total. The van der Waals surface area contributed by atoms with E-state index in [9.17, 15) is 4.79 Å². The molecule has 1 aromatic rings. The number of hydrogen-bond donors (Lipinski definition) is 1. The van der Waals surface area contributed by atoms with E-state index in [-0.39, 0.29) is 0 Å². The molecule has 0 saturated heterocycles. The van der Waals surface area contributed by atoms with Crippen LogP contribution in [0, 0.1) is 11.3 Å². The van der Waals surface area contributed by atoms with Crippen molar-refractivity contribution in [2.75, 3.05) is 0 Å². The number of carbonyl (C=O) groups is 1. The zero-order chi connectivity index (χ0) is 12.7. The van der Waals surface area contributed by atoms with Gasteiger partial charge in [-0.05, 0) is 37.1 Å². The van der Waals surface area contributed by atoms with E-state index in [1.165, 1.54) is 0 Å². The summed E-state index contributed by atoms with van der Waals surface area (Å²) in [5.41, 5.74) is 0.526. The quantitative estimate of drug-likeness (QED) is 0.819. The average Bonchev–Trinajstić information content (AvgIpc) is 2.35. The fraction of sp³-hybridized carbons (Fsp3) is 0.385. The molecule has 0 saturated carbocycles. The van der Waals surface area contributed by atoms with Gasteiger partial charge in [-0.3, -0.25) is 0 Å². The first-order valence-corrected chi connectivity index (χ1v) is 5.57. The van der Waals surface area contributed by atoms with Crippen LogP contribution in [-0.4, -0.2) is 17.2 Å². The topological polar surface area (TPSA) is 70.3 Å². The van der Waals surface area contributed by atoms with Crippen molar-refractivity contribution in [1.29, 1.82) is 5.26 Å². The molecule has 0 aliphatic rings. The molecule has 0 aromatic heterocycles. The van der Waals surface area contributed by atoms with Gasteiger partial charge in [0.1, 0.15) is 5.75 Å². The van der Waals surface area contributed by atoms with Crippen molar-refractivity contribution in [1.82, 2.24) is 0 Å². The van der Waals surface area contributed by atoms with Crippen LogP contribution in [0.5, 0.6) is 5.75 Å². The van der Waals surface area contributed by atoms with Crippen molar-refractivity contribution < 1.29 is 14.6 Å². The maximum absolute atomic E-state index is 11.0. The Morgan fingerprint density at radius 1 is 1.47 bits per heavy atom. The monoisotopic (exact) mass is 233 g/mol. The minimum atomic E-state index is -0.956. The summed E-state index contributed by atoms with van der Waals surface area (Å²) in [6, 6.07) is 8.43. The number of aliphatic carboxylic acids is 1. The normalized spacial score (nSPS) is 11.5. The maximum Gasteiger partial charge on any atom is 0.344 e. The number of benzene rings is 1. The van der Waals surface area contributed by atoms with Crippen LogP contribution in [0.4, 0.5) is 0 Å². The van der Waals surface area contributed by atoms with E-state index in [4.69, 9.17) is 15.1 Å². The van der Waals surface area contributed by atoms with E-state index in [1.54, 1.807) is 24.3 Å². The Hall–Kier alpha value is -2.02. The van der Waals surface area contributed by atoms with E-state index >= 15 is 0 Å². The lowest BCUT2D eigenvalue weighted by Crippen LogP contribution is -2.26. The van der Waals surface area contributed by atoms with Crippen LogP contribution in [0.25, 0.3) is 0 Å². The Kier molecular flexibility index (Phi) is 5.02. The summed E-state index contributed by atoms with van der Waals surface area (Å²) in [5, 5.41) is 17.6. The first-order chi connectivity index (χ1) is 8.17. The summed E-state index contributed by atoms with van der Waals surface area (Å²) in [4.78, 5) is 11.0. The molecule has 0 aliphatic heterocycles. The molecule has 0 fully saturated rings. The van der Waals surface area contributed by atoms with Gasteiger partial charge in [-0.15, -0.1) is 0 Å². The first kappa shape index (κ1) is 13.0. The largest absolute Gasteiger partial charge is 0.479 e. The summed E-state index contributed by atoms with van der Waals surface area (Å²) in [5.74, 6) is -0.477. The minimum Gasteiger partial charge on any atom is -0.479 e. The third-order valence-corrected chi connectivity index (χ3v) is 2.36. The second-order valence-electron chi connectivity index (χ2n) is 3.72. The SMILES string of the molecule is CCCC[C@@H](Oc1ccc(C#N)cc1)C(=O)O. The van der Waals surface area contributed by atoms with E-state index in [1.807, 2.05) is 13.0 Å². The molecule has 4 heteroatoms. The Morgan fingerprint density at radius 2 is 2.12 bits per heavy atom. The average molecular weight is 233 g/mol. The highest BCUT2D eigenvalue weighted by Gasteiger charge is 2.18. The van der Waals surface area contributed by atoms with Gasteiger partial charge in [0.05, 0.1) is 11.6 Å². The van der Waals surface area contributed by atoms with Crippen LogP contribution in [0.15, 0.2) is 24.3 Å². The van der Waals surface area contributed by atoms with E-state index in [2.05, 4.69) is 0 Å². The van der Waals surface area contributed by atoms with Gasteiger partial charge in [0, 0.05) is 0 Å². The van der Waals surface area contributed by atoms with Gasteiger partial charge in [-0.25, -0.2) is 4.79 Å². The summed E-state index contributed by atoms with van der Waals surface area (Å²) in [6.07, 6.45) is 1.42. The second kappa shape index (κ2) is 6.54. The van der Waals surface area contributed by atoms with Gasteiger partial charge in [-0.2, -0.15) is 5.26 Å². The van der Waals surface area contributed by atoms with Crippen LogP contribution in [-0.2, 0) is 4.79 Å². The lowest BCUT2D eigenvalue weighted by atomic mass is 10.1. The van der Waals surface area contributed by atoms with Crippen LogP contribution in [0.1, 0.15) is 31.7 Å². The van der Waals surface area contributed by atoms with Crippen LogP contribution in [0.3, 0.4) is 0 Å². The van der Waals surface area contributed by atoms with Gasteiger partial charge in [0.2, 0.25) is 0 Å². The van der Waals surface area contributed by atoms with Gasteiger partial charge >= 0.3 is 5.97 Å². The second-order valence-corrected chi connectivity index (χ2v) is 3.72. The number of unbranched alkanes of at least 4 members (excludes halogenated alkanes) is 1. The molecule has 0 unspecified atom stereocenters. The molecule has 0 radical (unpaired) electrons. The van der Waals surface area contributed by atoms with Crippen LogP contribution < -0.4 is 4.74 Å². The Balaban J connectivity index is 2.65. The van der Waals surface area contributed by atoms with E-state index < -0.39 is 12.1 Å². The first-order valence-electron chi connectivity index (χ1n) is 5.57. The maximum atomic E-state index is 11.0. The molecular weight excluding hydrogens is 218 g/mol. The van der Waals surface area contributed by atoms with E-state index in [0.29, 0.717) is 17.7 Å². The van der Waals surface area contributed by atoms with Crippen molar-refractivity contribution in [2.45, 2.75) is 32.3 Å².